The zero-order chi connectivity index (χ0) is 12.7. The second-order valence-corrected chi connectivity index (χ2v) is 5.27. The van der Waals surface area contributed by atoms with E-state index in [0.29, 0.717) is 22.2 Å². The van der Waals surface area contributed by atoms with Crippen molar-refractivity contribution in [1.82, 2.24) is 5.32 Å². The van der Waals surface area contributed by atoms with E-state index in [4.69, 9.17) is 23.2 Å². The van der Waals surface area contributed by atoms with Crippen molar-refractivity contribution in [3.05, 3.63) is 33.8 Å². The molecule has 0 aromatic heterocycles. The smallest absolute Gasteiger partial charge is 0.252 e. The lowest BCUT2D eigenvalue weighted by molar-refractivity contribution is 0.0953. The highest BCUT2D eigenvalue weighted by atomic mass is 79.9. The second kappa shape index (κ2) is 7.96. The van der Waals surface area contributed by atoms with E-state index in [0.717, 1.165) is 24.6 Å². The Balaban J connectivity index is 2.42. The summed E-state index contributed by atoms with van der Waals surface area (Å²) in [7, 11) is 0. The van der Waals surface area contributed by atoms with Crippen LogP contribution in [0.5, 0.6) is 0 Å². The van der Waals surface area contributed by atoms with Gasteiger partial charge in [-0.25, -0.2) is 0 Å². The first-order valence-electron chi connectivity index (χ1n) is 5.44. The third-order valence-corrected chi connectivity index (χ3v) is 3.38. The van der Waals surface area contributed by atoms with Gasteiger partial charge in [0.1, 0.15) is 0 Å². The van der Waals surface area contributed by atoms with Gasteiger partial charge in [0.15, 0.2) is 0 Å². The average molecular weight is 339 g/mol. The largest absolute Gasteiger partial charge is 0.352 e. The van der Waals surface area contributed by atoms with Crippen LogP contribution in [0.2, 0.25) is 10.0 Å². The first kappa shape index (κ1) is 14.8. The molecule has 0 aliphatic heterocycles. The number of unbranched alkanes of at least 4 members (excludes halogenated alkanes) is 2. The molecule has 1 N–H and O–H groups in total. The highest BCUT2D eigenvalue weighted by Gasteiger charge is 2.09. The van der Waals surface area contributed by atoms with E-state index in [9.17, 15) is 4.79 Å². The minimum atomic E-state index is -0.148. The van der Waals surface area contributed by atoms with Gasteiger partial charge in [0, 0.05) is 16.9 Å². The topological polar surface area (TPSA) is 29.1 Å². The molecule has 5 heteroatoms. The van der Waals surface area contributed by atoms with Crippen LogP contribution in [0.15, 0.2) is 18.2 Å². The van der Waals surface area contributed by atoms with Crippen LogP contribution < -0.4 is 5.32 Å². The molecule has 0 saturated heterocycles. The minimum absolute atomic E-state index is 0.148. The van der Waals surface area contributed by atoms with E-state index in [1.807, 2.05) is 0 Å². The van der Waals surface area contributed by atoms with Crippen molar-refractivity contribution in [2.24, 2.45) is 0 Å². The zero-order valence-corrected chi connectivity index (χ0v) is 12.4. The maximum Gasteiger partial charge on any atom is 0.252 e. The number of amides is 1. The summed E-state index contributed by atoms with van der Waals surface area (Å²) in [6.45, 7) is 0.671. The summed E-state index contributed by atoms with van der Waals surface area (Å²) in [5.74, 6) is -0.148. The van der Waals surface area contributed by atoms with Gasteiger partial charge < -0.3 is 5.32 Å². The molecule has 1 rings (SSSR count). The molecule has 2 nitrogen and oxygen atoms in total. The van der Waals surface area contributed by atoms with Crippen molar-refractivity contribution in [3.63, 3.8) is 0 Å². The minimum Gasteiger partial charge on any atom is -0.352 e. The molecule has 17 heavy (non-hydrogen) atoms. The lowest BCUT2D eigenvalue weighted by Gasteiger charge is -2.06. The lowest BCUT2D eigenvalue weighted by Crippen LogP contribution is -2.24. The first-order chi connectivity index (χ1) is 8.15. The normalized spacial score (nSPS) is 10.3. The fraction of sp³-hybridized carbons (Fsp3) is 0.417. The Kier molecular flexibility index (Phi) is 6.93. The number of carbonyl (C=O) groups is 1. The van der Waals surface area contributed by atoms with Crippen LogP contribution in [0.1, 0.15) is 29.6 Å². The Morgan fingerprint density at radius 2 is 2.00 bits per heavy atom. The van der Waals surface area contributed by atoms with E-state index < -0.39 is 0 Å². The number of hydrogen-bond acceptors (Lipinski definition) is 1. The van der Waals surface area contributed by atoms with E-state index in [1.165, 1.54) is 0 Å². The van der Waals surface area contributed by atoms with Crippen molar-refractivity contribution in [2.75, 3.05) is 11.9 Å². The Bertz CT molecular complexity index is 385. The third-order valence-electron chi connectivity index (χ3n) is 2.27. The molecule has 0 radical (unpaired) electrons. The Hall–Kier alpha value is -0.250. The molecule has 1 aromatic rings. The molecule has 0 aliphatic carbocycles. The molecule has 0 heterocycles. The van der Waals surface area contributed by atoms with Gasteiger partial charge in [0.05, 0.1) is 10.6 Å². The van der Waals surface area contributed by atoms with Crippen molar-refractivity contribution >= 4 is 45.0 Å². The predicted molar refractivity (Wildman–Crippen MR) is 76.4 cm³/mol. The third kappa shape index (κ3) is 5.28. The molecule has 1 amide bonds. The number of halogens is 3. The molecule has 1 aromatic carbocycles. The number of carbonyl (C=O) groups excluding carboxylic acids is 1. The summed E-state index contributed by atoms with van der Waals surface area (Å²) in [5, 5.41) is 4.76. The van der Waals surface area contributed by atoms with Crippen molar-refractivity contribution < 1.29 is 4.79 Å². The summed E-state index contributed by atoms with van der Waals surface area (Å²) in [6.07, 6.45) is 3.19. The van der Waals surface area contributed by atoms with Gasteiger partial charge >= 0.3 is 0 Å². The molecular formula is C12H14BrCl2NO. The molecule has 0 atom stereocenters. The van der Waals surface area contributed by atoms with Crippen LogP contribution in [-0.2, 0) is 0 Å². The standard InChI is InChI=1S/C12H14BrCl2NO/c13-6-2-1-3-7-16-12(17)10-5-4-9(14)8-11(10)15/h4-5,8H,1-3,6-7H2,(H,16,17). The first-order valence-corrected chi connectivity index (χ1v) is 7.32. The molecule has 0 unspecified atom stereocenters. The van der Waals surface area contributed by atoms with Crippen LogP contribution in [0.3, 0.4) is 0 Å². The fourth-order valence-electron chi connectivity index (χ4n) is 1.37. The van der Waals surface area contributed by atoms with E-state index in [-0.39, 0.29) is 5.91 Å². The van der Waals surface area contributed by atoms with Gasteiger partial charge in [-0.2, -0.15) is 0 Å². The molecule has 0 spiro atoms. The Labute approximate surface area is 120 Å². The number of nitrogens with one attached hydrogen (secondary N) is 1. The predicted octanol–water partition coefficient (Wildman–Crippen LogP) is 4.29. The highest BCUT2D eigenvalue weighted by molar-refractivity contribution is 9.09. The Morgan fingerprint density at radius 3 is 2.65 bits per heavy atom. The molecule has 0 fully saturated rings. The van der Waals surface area contributed by atoms with Crippen molar-refractivity contribution in [1.29, 1.82) is 0 Å². The van der Waals surface area contributed by atoms with Gasteiger partial charge in [-0.1, -0.05) is 45.6 Å². The van der Waals surface area contributed by atoms with Gasteiger partial charge in [-0.05, 0) is 31.0 Å². The van der Waals surface area contributed by atoms with Crippen LogP contribution in [-0.4, -0.2) is 17.8 Å². The van der Waals surface area contributed by atoms with E-state index >= 15 is 0 Å². The molecule has 0 aliphatic rings. The zero-order valence-electron chi connectivity index (χ0n) is 9.31. The Morgan fingerprint density at radius 1 is 1.24 bits per heavy atom. The van der Waals surface area contributed by atoms with Gasteiger partial charge in [0.25, 0.3) is 5.91 Å². The SMILES string of the molecule is O=C(NCCCCCBr)c1ccc(Cl)cc1Cl. The molecule has 94 valence electrons. The number of rotatable bonds is 6. The lowest BCUT2D eigenvalue weighted by atomic mass is 10.2. The second-order valence-electron chi connectivity index (χ2n) is 3.63. The number of alkyl halides is 1. The summed E-state index contributed by atoms with van der Waals surface area (Å²) < 4.78 is 0. The van der Waals surface area contributed by atoms with Crippen LogP contribution in [0.25, 0.3) is 0 Å². The monoisotopic (exact) mass is 337 g/mol. The molecule has 0 bridgehead atoms. The molecule has 0 saturated carbocycles. The van der Waals surface area contributed by atoms with Crippen LogP contribution >= 0.6 is 39.1 Å². The fourth-order valence-corrected chi connectivity index (χ4v) is 2.26. The quantitative estimate of drug-likeness (QED) is 0.608. The van der Waals surface area contributed by atoms with E-state index in [1.54, 1.807) is 18.2 Å². The van der Waals surface area contributed by atoms with Crippen molar-refractivity contribution in [2.45, 2.75) is 19.3 Å². The highest BCUT2D eigenvalue weighted by Crippen LogP contribution is 2.20. The number of benzene rings is 1. The molecular weight excluding hydrogens is 325 g/mol. The maximum absolute atomic E-state index is 11.8. The summed E-state index contributed by atoms with van der Waals surface area (Å²) in [6, 6.07) is 4.87. The number of hydrogen-bond donors (Lipinski definition) is 1. The summed E-state index contributed by atoms with van der Waals surface area (Å²) >= 11 is 15.1. The summed E-state index contributed by atoms with van der Waals surface area (Å²) in [5.41, 5.74) is 0.469. The van der Waals surface area contributed by atoms with Gasteiger partial charge in [-0.15, -0.1) is 0 Å². The van der Waals surface area contributed by atoms with Crippen LogP contribution in [0.4, 0.5) is 0 Å². The van der Waals surface area contributed by atoms with Gasteiger partial charge in [-0.3, -0.25) is 4.79 Å². The van der Waals surface area contributed by atoms with Gasteiger partial charge in [0.2, 0.25) is 0 Å². The summed E-state index contributed by atoms with van der Waals surface area (Å²) in [4.78, 5) is 11.8. The maximum atomic E-state index is 11.8. The average Bonchev–Trinajstić information content (AvgIpc) is 2.28. The van der Waals surface area contributed by atoms with E-state index in [2.05, 4.69) is 21.2 Å². The van der Waals surface area contributed by atoms with Crippen molar-refractivity contribution in [3.8, 4) is 0 Å². The van der Waals surface area contributed by atoms with Crippen LogP contribution in [0, 0.1) is 0 Å².